The number of benzene rings is 4. The van der Waals surface area contributed by atoms with Gasteiger partial charge in [0.1, 0.15) is 28.3 Å². The molecule has 4 aromatic rings. The highest BCUT2D eigenvalue weighted by Crippen LogP contribution is 2.46. The molecule has 4 aromatic carbocycles. The molecule has 0 unspecified atom stereocenters. The quantitative estimate of drug-likeness (QED) is 0.125. The molecular formula is C57H70N6O12S2. The maximum absolute atomic E-state index is 12.9. The van der Waals surface area contributed by atoms with Gasteiger partial charge < -0.3 is 34.2 Å². The highest BCUT2D eigenvalue weighted by atomic mass is 32.2. The van der Waals surface area contributed by atoms with Crippen LogP contribution < -0.4 is 24.2 Å². The molecule has 0 aliphatic carbocycles. The van der Waals surface area contributed by atoms with E-state index in [1.807, 2.05) is 88.3 Å². The van der Waals surface area contributed by atoms with E-state index in [1.54, 1.807) is 51.1 Å². The Bertz CT molecular complexity index is 3180. The Balaban J connectivity index is 0.000000227. The third kappa shape index (κ3) is 13.4. The van der Waals surface area contributed by atoms with Crippen molar-refractivity contribution in [3.05, 3.63) is 130 Å². The van der Waals surface area contributed by atoms with Gasteiger partial charge in [-0.3, -0.25) is 19.2 Å². The number of sulfonamides is 2. The van der Waals surface area contributed by atoms with Gasteiger partial charge in [0.05, 0.1) is 9.79 Å². The number of fused-ring (bicyclic) bond motifs is 2. The van der Waals surface area contributed by atoms with E-state index in [1.165, 1.54) is 24.3 Å². The topological polar surface area (TPSA) is 227 Å². The Kier molecular flexibility index (Phi) is 17.4. The first-order valence-electron chi connectivity index (χ1n) is 26.0. The minimum absolute atomic E-state index is 0.0180. The third-order valence-electron chi connectivity index (χ3n) is 13.8. The molecule has 4 aliphatic heterocycles. The first-order valence-corrected chi connectivity index (χ1v) is 29.0. The fourth-order valence-corrected chi connectivity index (χ4v) is 11.8. The zero-order valence-electron chi connectivity index (χ0n) is 45.3. The van der Waals surface area contributed by atoms with Crippen LogP contribution in [0.5, 0.6) is 11.5 Å². The lowest BCUT2D eigenvalue weighted by Gasteiger charge is -2.43. The number of amides is 5. The van der Waals surface area contributed by atoms with Crippen LogP contribution in [0.4, 0.5) is 4.79 Å². The van der Waals surface area contributed by atoms with E-state index in [2.05, 4.69) is 11.4 Å². The number of carbonyl (C=O) groups excluding carboxylic acids is 5. The van der Waals surface area contributed by atoms with Gasteiger partial charge in [-0.1, -0.05) is 24.3 Å². The summed E-state index contributed by atoms with van der Waals surface area (Å²) in [5.74, 6) is -0.359. The van der Waals surface area contributed by atoms with Crippen molar-refractivity contribution in [1.82, 2.24) is 29.5 Å². The second-order valence-electron chi connectivity index (χ2n) is 20.4. The zero-order chi connectivity index (χ0) is 56.1. The summed E-state index contributed by atoms with van der Waals surface area (Å²) in [4.78, 5) is 66.4. The molecule has 0 radical (unpaired) electrons. The number of rotatable bonds is 12. The summed E-state index contributed by atoms with van der Waals surface area (Å²) in [6.45, 7) is 20.5. The van der Waals surface area contributed by atoms with E-state index in [-0.39, 0.29) is 27.7 Å². The smallest absolute Gasteiger partial charge is 0.410 e. The maximum atomic E-state index is 12.9. The van der Waals surface area contributed by atoms with Crippen LogP contribution in [0.2, 0.25) is 0 Å². The number of piperidine rings is 2. The average molecular weight is 1100 g/mol. The van der Waals surface area contributed by atoms with Crippen molar-refractivity contribution in [2.45, 2.75) is 115 Å². The molecule has 2 spiro atoms. The Morgan fingerprint density at radius 3 is 1.32 bits per heavy atom. The summed E-state index contributed by atoms with van der Waals surface area (Å²) in [7, 11) is -8.10. The Morgan fingerprint density at radius 2 is 0.974 bits per heavy atom. The maximum Gasteiger partial charge on any atom is 0.410 e. The van der Waals surface area contributed by atoms with E-state index < -0.39 is 48.7 Å². The molecule has 0 bridgehead atoms. The Labute approximate surface area is 452 Å². The monoisotopic (exact) mass is 1090 g/mol. The molecule has 4 heterocycles. The van der Waals surface area contributed by atoms with Gasteiger partial charge in [-0.05, 0) is 157 Å². The first-order chi connectivity index (χ1) is 36.3. The molecule has 2 fully saturated rings. The Morgan fingerprint density at radius 1 is 0.597 bits per heavy atom. The van der Waals surface area contributed by atoms with Crippen LogP contribution in [-0.4, -0.2) is 130 Å². The number of hydrogen-bond acceptors (Lipinski definition) is 13. The van der Waals surface area contributed by atoms with Crippen molar-refractivity contribution in [2.24, 2.45) is 0 Å². The highest BCUT2D eigenvalue weighted by molar-refractivity contribution is 7.90. The van der Waals surface area contributed by atoms with Gasteiger partial charge in [-0.25, -0.2) is 31.1 Å². The summed E-state index contributed by atoms with van der Waals surface area (Å²) >= 11 is 0. The number of ether oxygens (including phenoxy) is 3. The fraction of sp³-hybridized carbons (Fsp3) is 0.421. The fourth-order valence-electron chi connectivity index (χ4n) is 9.81. The number of nitrogens with one attached hydrogen (secondary N) is 3. The third-order valence-corrected chi connectivity index (χ3v) is 16.7. The summed E-state index contributed by atoms with van der Waals surface area (Å²) in [6.07, 6.45) is 6.24. The molecule has 412 valence electrons. The van der Waals surface area contributed by atoms with Crippen molar-refractivity contribution in [1.29, 1.82) is 0 Å². The van der Waals surface area contributed by atoms with E-state index >= 15 is 0 Å². The molecule has 0 atom stereocenters. The van der Waals surface area contributed by atoms with Gasteiger partial charge in [0.2, 0.25) is 11.8 Å². The van der Waals surface area contributed by atoms with Crippen molar-refractivity contribution in [3.8, 4) is 11.5 Å². The van der Waals surface area contributed by atoms with Crippen LogP contribution in [0.3, 0.4) is 0 Å². The molecule has 3 N–H and O–H groups in total. The predicted octanol–water partition coefficient (Wildman–Crippen LogP) is 7.53. The minimum Gasteiger partial charge on any atom is -0.482 e. The lowest BCUT2D eigenvalue weighted by Crippen LogP contribution is -2.50. The van der Waals surface area contributed by atoms with E-state index in [0.717, 1.165) is 62.1 Å². The molecule has 20 heteroatoms. The minimum atomic E-state index is -4.09. The van der Waals surface area contributed by atoms with Gasteiger partial charge in [-0.2, -0.15) is 0 Å². The van der Waals surface area contributed by atoms with Crippen LogP contribution in [0.25, 0.3) is 11.1 Å². The highest BCUT2D eigenvalue weighted by Gasteiger charge is 2.42. The summed E-state index contributed by atoms with van der Waals surface area (Å²) < 4.78 is 73.5. The molecule has 2 saturated heterocycles. The van der Waals surface area contributed by atoms with Gasteiger partial charge >= 0.3 is 6.09 Å². The summed E-state index contributed by atoms with van der Waals surface area (Å²) in [6, 6.07) is 23.7. The number of likely N-dealkylation sites (tertiary alicyclic amines) is 1. The van der Waals surface area contributed by atoms with Gasteiger partial charge in [0, 0.05) is 101 Å². The number of nitrogens with zero attached hydrogens (tertiary/aromatic N) is 3. The van der Waals surface area contributed by atoms with E-state index in [4.69, 9.17) is 14.2 Å². The van der Waals surface area contributed by atoms with E-state index in [9.17, 15) is 40.8 Å². The Hall–Kier alpha value is -7.03. The lowest BCUT2D eigenvalue weighted by atomic mass is 9.83. The van der Waals surface area contributed by atoms with Crippen LogP contribution in [0.15, 0.2) is 107 Å². The van der Waals surface area contributed by atoms with Crippen LogP contribution >= 0.6 is 0 Å². The molecule has 8 rings (SSSR count). The summed E-state index contributed by atoms with van der Waals surface area (Å²) in [5.41, 5.74) is 3.70. The number of carbonyl (C=O) groups is 5. The van der Waals surface area contributed by atoms with Crippen molar-refractivity contribution >= 4 is 60.9 Å². The van der Waals surface area contributed by atoms with Crippen molar-refractivity contribution in [3.63, 3.8) is 0 Å². The first kappa shape index (κ1) is 57.7. The molecule has 5 amide bonds. The van der Waals surface area contributed by atoms with Crippen LogP contribution in [0, 0.1) is 0 Å². The van der Waals surface area contributed by atoms with Gasteiger partial charge in [-0.15, -0.1) is 0 Å². The molecule has 18 nitrogen and oxygen atoms in total. The average Bonchev–Trinajstić information content (AvgIpc) is 3.41. The summed E-state index contributed by atoms with van der Waals surface area (Å²) in [5, 5.41) is 3.35. The van der Waals surface area contributed by atoms with Crippen LogP contribution in [0.1, 0.15) is 131 Å². The largest absolute Gasteiger partial charge is 0.482 e. The predicted molar refractivity (Wildman–Crippen MR) is 292 cm³/mol. The molecule has 77 heavy (non-hydrogen) atoms. The second-order valence-corrected chi connectivity index (χ2v) is 23.8. The van der Waals surface area contributed by atoms with E-state index in [0.29, 0.717) is 85.9 Å². The van der Waals surface area contributed by atoms with Gasteiger partial charge in [0.25, 0.3) is 31.9 Å². The lowest BCUT2D eigenvalue weighted by molar-refractivity contribution is -0.118. The SMILES string of the molecule is CCN(CC)C(=O)c1ccc(C2=CC3(CCN(C(=O)OC(C)(C)C)CC3)Oc3ccc(S(=O)(=O)NC(C)=O)cc32)cc1.CCN(CC)C(=O)c1ccc(C2=CC3(CCNCC3)Oc3ccc(S(=O)(=O)NC(C)=O)cc32)cc1. The van der Waals surface area contributed by atoms with Crippen LogP contribution in [-0.2, 0) is 34.4 Å². The normalized spacial score (nSPS) is 16.4. The number of hydrogen-bond donors (Lipinski definition) is 3. The second kappa shape index (κ2) is 23.3. The molecular weight excluding hydrogens is 1020 g/mol. The molecule has 0 saturated carbocycles. The molecule has 4 aliphatic rings. The van der Waals surface area contributed by atoms with Crippen molar-refractivity contribution < 1.29 is 55.0 Å². The standard InChI is InChI=1S/C31H39N3O7S.C26H31N3O5S/c1-7-33(8-2)28(36)23-11-9-22(10-12-23)26-20-31(15-17-34(18-16-31)29(37)41-30(4,5)6)40-27-14-13-24(19-25(26)27)42(38,39)32-21(3)35;1-4-29(5-2)25(31)20-8-6-19(7-9-20)23-17-26(12-14-27-15-13-26)34-24-11-10-21(16-22(23)24)35(32,33)28-18(3)30/h9-14,19-20H,7-8,15-18H2,1-6H3,(H,32,35);6-11,16-17,27H,4-5,12-15H2,1-3H3,(H,28,30). The molecule has 0 aromatic heterocycles. The van der Waals surface area contributed by atoms with Gasteiger partial charge in [0.15, 0.2) is 0 Å². The zero-order valence-corrected chi connectivity index (χ0v) is 46.9. The van der Waals surface area contributed by atoms with Crippen molar-refractivity contribution in [2.75, 3.05) is 52.4 Å².